The molecule has 3 atom stereocenters. The van der Waals surface area contributed by atoms with Gasteiger partial charge < -0.3 is 10.2 Å². The van der Waals surface area contributed by atoms with Crippen LogP contribution in [0.25, 0.3) is 0 Å². The Balaban J connectivity index is 1.67. The summed E-state index contributed by atoms with van der Waals surface area (Å²) in [4.78, 5) is 14.2. The van der Waals surface area contributed by atoms with E-state index in [1.54, 1.807) is 0 Å². The zero-order chi connectivity index (χ0) is 11.5. The van der Waals surface area contributed by atoms with Crippen LogP contribution >= 0.6 is 0 Å². The van der Waals surface area contributed by atoms with Crippen molar-refractivity contribution in [3.05, 3.63) is 0 Å². The fraction of sp³-hybridized carbons (Fsp3) is 0.923. The summed E-state index contributed by atoms with van der Waals surface area (Å²) >= 11 is 0. The highest BCUT2D eigenvalue weighted by Crippen LogP contribution is 2.37. The van der Waals surface area contributed by atoms with E-state index in [1.807, 2.05) is 0 Å². The van der Waals surface area contributed by atoms with E-state index in [4.69, 9.17) is 0 Å². The normalized spacial score (nSPS) is 34.8. The Kier molecular flexibility index (Phi) is 3.85. The van der Waals surface area contributed by atoms with Crippen molar-refractivity contribution < 1.29 is 4.79 Å². The first-order chi connectivity index (χ1) is 7.70. The van der Waals surface area contributed by atoms with Crippen molar-refractivity contribution in [3.63, 3.8) is 0 Å². The summed E-state index contributed by atoms with van der Waals surface area (Å²) in [5.41, 5.74) is 0. The number of amides is 1. The van der Waals surface area contributed by atoms with Gasteiger partial charge in [0.2, 0.25) is 5.91 Å². The first-order valence-electron chi connectivity index (χ1n) is 6.70. The van der Waals surface area contributed by atoms with Crippen LogP contribution in [0.1, 0.15) is 33.1 Å². The predicted octanol–water partition coefficient (Wildman–Crippen LogP) is 1.49. The minimum absolute atomic E-state index is 0.293. The van der Waals surface area contributed by atoms with Gasteiger partial charge in [-0.15, -0.1) is 0 Å². The number of likely N-dealkylation sites (tertiary alicyclic amines) is 1. The second-order valence-electron chi connectivity index (χ2n) is 5.47. The molecule has 2 fully saturated rings. The Morgan fingerprint density at radius 1 is 1.50 bits per heavy atom. The molecule has 1 saturated carbocycles. The fourth-order valence-electron chi connectivity index (χ4n) is 2.67. The molecular formula is C13H24N2O. The first kappa shape index (κ1) is 11.9. The molecule has 0 aromatic carbocycles. The molecule has 1 heterocycles. The smallest absolute Gasteiger partial charge is 0.223 e. The molecule has 1 N–H and O–H groups in total. The van der Waals surface area contributed by atoms with Gasteiger partial charge in [-0.2, -0.15) is 0 Å². The van der Waals surface area contributed by atoms with Crippen LogP contribution in [0.2, 0.25) is 0 Å². The molecule has 2 aliphatic rings. The maximum absolute atomic E-state index is 11.7. The molecule has 3 nitrogen and oxygen atoms in total. The van der Waals surface area contributed by atoms with Crippen LogP contribution in [0.15, 0.2) is 0 Å². The maximum atomic E-state index is 11.7. The van der Waals surface area contributed by atoms with E-state index in [2.05, 4.69) is 24.1 Å². The lowest BCUT2D eigenvalue weighted by Gasteiger charge is -2.31. The highest BCUT2D eigenvalue weighted by atomic mass is 16.2. The Bertz CT molecular complexity index is 254. The van der Waals surface area contributed by atoms with Gasteiger partial charge >= 0.3 is 0 Å². The average Bonchev–Trinajstić information content (AvgIpc) is 3.04. The minimum Gasteiger partial charge on any atom is -0.356 e. The summed E-state index contributed by atoms with van der Waals surface area (Å²) < 4.78 is 0. The van der Waals surface area contributed by atoms with Crippen LogP contribution in [0, 0.1) is 17.8 Å². The zero-order valence-corrected chi connectivity index (χ0v) is 10.5. The Hall–Kier alpha value is -0.570. The highest BCUT2D eigenvalue weighted by Gasteiger charge is 2.39. The number of hydrogen-bond donors (Lipinski definition) is 1. The summed E-state index contributed by atoms with van der Waals surface area (Å²) in [6.45, 7) is 8.80. The lowest BCUT2D eigenvalue weighted by Crippen LogP contribution is -2.41. The Labute approximate surface area is 98.6 Å². The highest BCUT2D eigenvalue weighted by molar-refractivity contribution is 5.81. The van der Waals surface area contributed by atoms with Crippen molar-refractivity contribution in [1.29, 1.82) is 0 Å². The van der Waals surface area contributed by atoms with Gasteiger partial charge in [-0.05, 0) is 44.2 Å². The third-order valence-electron chi connectivity index (χ3n) is 4.06. The summed E-state index contributed by atoms with van der Waals surface area (Å²) in [5, 5.41) is 3.12. The summed E-state index contributed by atoms with van der Waals surface area (Å²) in [6.07, 6.45) is 3.66. The van der Waals surface area contributed by atoms with Crippen LogP contribution in [0.3, 0.4) is 0 Å². The first-order valence-corrected chi connectivity index (χ1v) is 6.70. The van der Waals surface area contributed by atoms with E-state index >= 15 is 0 Å². The predicted molar refractivity (Wildman–Crippen MR) is 65.1 cm³/mol. The molecular weight excluding hydrogens is 200 g/mol. The molecule has 0 spiro atoms. The van der Waals surface area contributed by atoms with Gasteiger partial charge in [0.05, 0.1) is 0 Å². The van der Waals surface area contributed by atoms with E-state index in [0.29, 0.717) is 23.7 Å². The summed E-state index contributed by atoms with van der Waals surface area (Å²) in [6, 6.07) is 0. The van der Waals surface area contributed by atoms with Crippen LogP contribution in [0.5, 0.6) is 0 Å². The number of piperidine rings is 1. The molecule has 1 aliphatic heterocycles. The molecule has 0 bridgehead atoms. The molecule has 3 heteroatoms. The van der Waals surface area contributed by atoms with Gasteiger partial charge in [0, 0.05) is 19.0 Å². The van der Waals surface area contributed by atoms with Crippen LogP contribution < -0.4 is 5.32 Å². The number of rotatable bonds is 4. The number of nitrogens with zero attached hydrogens (tertiary/aromatic N) is 1. The van der Waals surface area contributed by atoms with Crippen molar-refractivity contribution in [2.45, 2.75) is 33.1 Å². The van der Waals surface area contributed by atoms with Gasteiger partial charge in [-0.25, -0.2) is 0 Å². The monoisotopic (exact) mass is 224 g/mol. The lowest BCUT2D eigenvalue weighted by molar-refractivity contribution is -0.122. The molecule has 0 unspecified atom stereocenters. The van der Waals surface area contributed by atoms with Crippen LogP contribution in [-0.2, 0) is 4.79 Å². The van der Waals surface area contributed by atoms with Gasteiger partial charge in [0.15, 0.2) is 0 Å². The lowest BCUT2D eigenvalue weighted by atomic mass is 9.98. The molecule has 1 amide bonds. The van der Waals surface area contributed by atoms with Crippen molar-refractivity contribution in [1.82, 2.24) is 10.2 Å². The SMILES string of the molecule is CCN1CCC[C@H](CNC(=O)[C@H]2C[C@@H]2C)C1. The van der Waals surface area contributed by atoms with E-state index in [0.717, 1.165) is 26.1 Å². The van der Waals surface area contributed by atoms with Gasteiger partial charge in [-0.3, -0.25) is 4.79 Å². The third-order valence-corrected chi connectivity index (χ3v) is 4.06. The third kappa shape index (κ3) is 2.97. The molecule has 0 aromatic rings. The molecule has 16 heavy (non-hydrogen) atoms. The quantitative estimate of drug-likeness (QED) is 0.784. The second kappa shape index (κ2) is 5.17. The Morgan fingerprint density at radius 3 is 2.88 bits per heavy atom. The minimum atomic E-state index is 0.293. The second-order valence-corrected chi connectivity index (χ2v) is 5.47. The number of carbonyl (C=O) groups is 1. The standard InChI is InChI=1S/C13H24N2O/c1-3-15-6-4-5-11(9-15)8-14-13(16)12-7-10(12)2/h10-12H,3-9H2,1-2H3,(H,14,16)/t10-,11+,12-/m0/s1. The zero-order valence-electron chi connectivity index (χ0n) is 10.5. The number of carbonyl (C=O) groups excluding carboxylic acids is 1. The van der Waals surface area contributed by atoms with Gasteiger partial charge in [0.25, 0.3) is 0 Å². The van der Waals surface area contributed by atoms with Crippen molar-refractivity contribution in [2.75, 3.05) is 26.2 Å². The van der Waals surface area contributed by atoms with Gasteiger partial charge in [0.1, 0.15) is 0 Å². The maximum Gasteiger partial charge on any atom is 0.223 e. The fourth-order valence-corrected chi connectivity index (χ4v) is 2.67. The average molecular weight is 224 g/mol. The van der Waals surface area contributed by atoms with E-state index < -0.39 is 0 Å². The number of nitrogens with one attached hydrogen (secondary N) is 1. The topological polar surface area (TPSA) is 32.3 Å². The number of hydrogen-bond acceptors (Lipinski definition) is 2. The Morgan fingerprint density at radius 2 is 2.25 bits per heavy atom. The van der Waals surface area contributed by atoms with Crippen LogP contribution in [-0.4, -0.2) is 37.0 Å². The molecule has 0 radical (unpaired) electrons. The van der Waals surface area contributed by atoms with E-state index in [-0.39, 0.29) is 0 Å². The van der Waals surface area contributed by atoms with Crippen LogP contribution in [0.4, 0.5) is 0 Å². The van der Waals surface area contributed by atoms with Crippen molar-refractivity contribution in [2.24, 2.45) is 17.8 Å². The van der Waals surface area contributed by atoms with Gasteiger partial charge in [-0.1, -0.05) is 13.8 Å². The molecule has 92 valence electrons. The molecule has 1 aliphatic carbocycles. The molecule has 0 aromatic heterocycles. The summed E-state index contributed by atoms with van der Waals surface area (Å²) in [5.74, 6) is 1.91. The van der Waals surface area contributed by atoms with E-state index in [1.165, 1.54) is 19.4 Å². The largest absolute Gasteiger partial charge is 0.356 e. The molecule has 2 rings (SSSR count). The summed E-state index contributed by atoms with van der Waals surface area (Å²) in [7, 11) is 0. The van der Waals surface area contributed by atoms with E-state index in [9.17, 15) is 4.79 Å². The van der Waals surface area contributed by atoms with Crippen molar-refractivity contribution >= 4 is 5.91 Å². The van der Waals surface area contributed by atoms with Crippen molar-refractivity contribution in [3.8, 4) is 0 Å². The molecule has 1 saturated heterocycles.